The number of nitrogens with zero attached hydrogens (tertiary/aromatic N) is 2. The summed E-state index contributed by atoms with van der Waals surface area (Å²) < 4.78 is 1.28. The zero-order valence-corrected chi connectivity index (χ0v) is 13.0. The molecule has 3 aromatic rings. The second-order valence-electron chi connectivity index (χ2n) is 5.05. The maximum atomic E-state index is 5.99. The molecule has 2 heterocycles. The van der Waals surface area contributed by atoms with Gasteiger partial charge in [-0.25, -0.2) is 9.97 Å². The van der Waals surface area contributed by atoms with E-state index in [1.54, 1.807) is 11.3 Å². The van der Waals surface area contributed by atoms with Crippen molar-refractivity contribution in [1.82, 2.24) is 9.97 Å². The fourth-order valence-electron chi connectivity index (χ4n) is 2.22. The van der Waals surface area contributed by atoms with Gasteiger partial charge < -0.3 is 11.1 Å². The van der Waals surface area contributed by atoms with E-state index in [-0.39, 0.29) is 0 Å². The SMILES string of the molecule is CCCc1nc(N)c(C)c(Nc2ccc3sccc3c2)n1. The van der Waals surface area contributed by atoms with E-state index in [2.05, 4.69) is 51.9 Å². The van der Waals surface area contributed by atoms with Gasteiger partial charge in [0.1, 0.15) is 17.5 Å². The van der Waals surface area contributed by atoms with E-state index in [0.29, 0.717) is 5.82 Å². The molecule has 5 heteroatoms. The van der Waals surface area contributed by atoms with E-state index in [4.69, 9.17) is 5.73 Å². The van der Waals surface area contributed by atoms with Crippen molar-refractivity contribution in [3.05, 3.63) is 41.0 Å². The van der Waals surface area contributed by atoms with Crippen LogP contribution in [0.1, 0.15) is 24.7 Å². The summed E-state index contributed by atoms with van der Waals surface area (Å²) in [7, 11) is 0. The lowest BCUT2D eigenvalue weighted by Gasteiger charge is -2.12. The third-order valence-electron chi connectivity index (χ3n) is 3.42. The fraction of sp³-hybridized carbons (Fsp3) is 0.250. The number of nitrogens with one attached hydrogen (secondary N) is 1. The number of rotatable bonds is 4. The van der Waals surface area contributed by atoms with Crippen molar-refractivity contribution in [2.45, 2.75) is 26.7 Å². The van der Waals surface area contributed by atoms with Gasteiger partial charge >= 0.3 is 0 Å². The first-order valence-electron chi connectivity index (χ1n) is 7.04. The van der Waals surface area contributed by atoms with Crippen molar-refractivity contribution >= 4 is 38.7 Å². The highest BCUT2D eigenvalue weighted by molar-refractivity contribution is 7.17. The molecule has 0 saturated heterocycles. The summed E-state index contributed by atoms with van der Waals surface area (Å²) in [5, 5.41) is 6.70. The van der Waals surface area contributed by atoms with Gasteiger partial charge in [-0.05, 0) is 48.4 Å². The summed E-state index contributed by atoms with van der Waals surface area (Å²) in [6, 6.07) is 8.43. The van der Waals surface area contributed by atoms with Gasteiger partial charge in [-0.2, -0.15) is 0 Å². The minimum absolute atomic E-state index is 0.549. The van der Waals surface area contributed by atoms with Gasteiger partial charge in [-0.1, -0.05) is 6.92 Å². The number of hydrogen-bond acceptors (Lipinski definition) is 5. The lowest BCUT2D eigenvalue weighted by Crippen LogP contribution is -2.07. The number of benzene rings is 1. The number of hydrogen-bond donors (Lipinski definition) is 2. The summed E-state index contributed by atoms with van der Waals surface area (Å²) in [4.78, 5) is 8.92. The Kier molecular flexibility index (Phi) is 3.75. The Labute approximate surface area is 128 Å². The van der Waals surface area contributed by atoms with Crippen LogP contribution < -0.4 is 11.1 Å². The highest BCUT2D eigenvalue weighted by atomic mass is 32.1. The standard InChI is InChI=1S/C16H18N4S/c1-3-4-14-19-15(17)10(2)16(20-14)18-12-5-6-13-11(9-12)7-8-21-13/h5-9H,3-4H2,1-2H3,(H3,17,18,19,20). The molecule has 0 radical (unpaired) electrons. The van der Waals surface area contributed by atoms with E-state index in [0.717, 1.165) is 35.7 Å². The average molecular weight is 298 g/mol. The molecule has 3 rings (SSSR count). The van der Waals surface area contributed by atoms with Gasteiger partial charge in [0, 0.05) is 22.4 Å². The first kappa shape index (κ1) is 13.8. The molecule has 0 aliphatic heterocycles. The Hall–Kier alpha value is -2.14. The highest BCUT2D eigenvalue weighted by Crippen LogP contribution is 2.27. The molecule has 0 bridgehead atoms. The van der Waals surface area contributed by atoms with Crippen LogP contribution in [0.15, 0.2) is 29.6 Å². The Bertz CT molecular complexity index is 779. The molecule has 108 valence electrons. The first-order valence-corrected chi connectivity index (χ1v) is 7.92. The van der Waals surface area contributed by atoms with Crippen LogP contribution in [0.4, 0.5) is 17.3 Å². The third kappa shape index (κ3) is 2.83. The molecule has 1 aromatic carbocycles. The molecule has 0 aliphatic carbocycles. The fourth-order valence-corrected chi connectivity index (χ4v) is 2.99. The second-order valence-corrected chi connectivity index (χ2v) is 5.99. The molecule has 3 N–H and O–H groups in total. The topological polar surface area (TPSA) is 63.8 Å². The normalized spacial score (nSPS) is 11.0. The van der Waals surface area contributed by atoms with Crippen molar-refractivity contribution in [3.63, 3.8) is 0 Å². The summed E-state index contributed by atoms with van der Waals surface area (Å²) in [5.41, 5.74) is 7.90. The van der Waals surface area contributed by atoms with Gasteiger partial charge in [-0.3, -0.25) is 0 Å². The molecule has 0 fully saturated rings. The Morgan fingerprint density at radius 2 is 2.10 bits per heavy atom. The Morgan fingerprint density at radius 3 is 2.90 bits per heavy atom. The van der Waals surface area contributed by atoms with Crippen molar-refractivity contribution < 1.29 is 0 Å². The van der Waals surface area contributed by atoms with Gasteiger partial charge in [-0.15, -0.1) is 11.3 Å². The zero-order valence-electron chi connectivity index (χ0n) is 12.2. The van der Waals surface area contributed by atoms with Crippen molar-refractivity contribution in [3.8, 4) is 0 Å². The number of thiophene rings is 1. The van der Waals surface area contributed by atoms with Crippen LogP contribution in [0.3, 0.4) is 0 Å². The number of aromatic nitrogens is 2. The molecular weight excluding hydrogens is 280 g/mol. The van der Waals surface area contributed by atoms with Crippen LogP contribution in [0.25, 0.3) is 10.1 Å². The Balaban J connectivity index is 1.95. The molecule has 4 nitrogen and oxygen atoms in total. The maximum absolute atomic E-state index is 5.99. The summed E-state index contributed by atoms with van der Waals surface area (Å²) in [5.74, 6) is 2.13. The van der Waals surface area contributed by atoms with Crippen molar-refractivity contribution in [2.24, 2.45) is 0 Å². The maximum Gasteiger partial charge on any atom is 0.139 e. The predicted molar refractivity (Wildman–Crippen MR) is 90.3 cm³/mol. The zero-order chi connectivity index (χ0) is 14.8. The monoisotopic (exact) mass is 298 g/mol. The van der Waals surface area contributed by atoms with Crippen LogP contribution in [0.5, 0.6) is 0 Å². The number of nitrogen functional groups attached to an aromatic ring is 1. The molecule has 0 saturated carbocycles. The lowest BCUT2D eigenvalue weighted by molar-refractivity contribution is 0.836. The molecule has 0 spiro atoms. The Morgan fingerprint density at radius 1 is 1.24 bits per heavy atom. The quantitative estimate of drug-likeness (QED) is 0.754. The summed E-state index contributed by atoms with van der Waals surface area (Å²) in [6.07, 6.45) is 1.84. The number of anilines is 3. The van der Waals surface area contributed by atoms with E-state index < -0.39 is 0 Å². The van der Waals surface area contributed by atoms with E-state index in [9.17, 15) is 0 Å². The molecular formula is C16H18N4S. The van der Waals surface area contributed by atoms with Crippen molar-refractivity contribution in [2.75, 3.05) is 11.1 Å². The molecule has 0 amide bonds. The number of nitrogens with two attached hydrogens (primary N) is 1. The third-order valence-corrected chi connectivity index (χ3v) is 4.32. The summed E-state index contributed by atoms with van der Waals surface area (Å²) in [6.45, 7) is 4.05. The van der Waals surface area contributed by atoms with Crippen LogP contribution in [-0.4, -0.2) is 9.97 Å². The first-order chi connectivity index (χ1) is 10.2. The minimum atomic E-state index is 0.549. The predicted octanol–water partition coefficient (Wildman–Crippen LogP) is 4.28. The largest absolute Gasteiger partial charge is 0.383 e. The molecule has 2 aromatic heterocycles. The average Bonchev–Trinajstić information content (AvgIpc) is 2.92. The molecule has 0 unspecified atom stereocenters. The van der Waals surface area contributed by atoms with E-state index in [1.807, 2.05) is 6.92 Å². The van der Waals surface area contributed by atoms with Gasteiger partial charge in [0.2, 0.25) is 0 Å². The van der Waals surface area contributed by atoms with Crippen LogP contribution in [0, 0.1) is 6.92 Å². The second kappa shape index (κ2) is 5.69. The van der Waals surface area contributed by atoms with Crippen LogP contribution in [-0.2, 0) is 6.42 Å². The van der Waals surface area contributed by atoms with Gasteiger partial charge in [0.25, 0.3) is 0 Å². The molecule has 0 atom stereocenters. The van der Waals surface area contributed by atoms with E-state index >= 15 is 0 Å². The van der Waals surface area contributed by atoms with E-state index in [1.165, 1.54) is 10.1 Å². The van der Waals surface area contributed by atoms with Gasteiger partial charge in [0.15, 0.2) is 0 Å². The van der Waals surface area contributed by atoms with Gasteiger partial charge in [0.05, 0.1) is 0 Å². The highest BCUT2D eigenvalue weighted by Gasteiger charge is 2.09. The van der Waals surface area contributed by atoms with Crippen LogP contribution >= 0.6 is 11.3 Å². The number of fused-ring (bicyclic) bond motifs is 1. The minimum Gasteiger partial charge on any atom is -0.383 e. The molecule has 21 heavy (non-hydrogen) atoms. The van der Waals surface area contributed by atoms with Crippen LogP contribution in [0.2, 0.25) is 0 Å². The van der Waals surface area contributed by atoms with Crippen molar-refractivity contribution in [1.29, 1.82) is 0 Å². The molecule has 0 aliphatic rings. The lowest BCUT2D eigenvalue weighted by atomic mass is 10.2. The summed E-state index contributed by atoms with van der Waals surface area (Å²) >= 11 is 1.74. The number of aryl methyl sites for hydroxylation is 1. The smallest absolute Gasteiger partial charge is 0.139 e.